The number of likely N-dealkylation sites (tertiary alicyclic amines) is 1. The molecule has 1 atom stereocenters. The van der Waals surface area contributed by atoms with Crippen LogP contribution in [0.25, 0.3) is 0 Å². The Hall–Kier alpha value is -2.50. The average Bonchev–Trinajstić information content (AvgIpc) is 2.89. The van der Waals surface area contributed by atoms with Crippen LogP contribution in [-0.4, -0.2) is 27.3 Å². The molecule has 0 bridgehead atoms. The number of benzene rings is 1. The van der Waals surface area contributed by atoms with Crippen LogP contribution in [-0.2, 0) is 5.54 Å². The Kier molecular flexibility index (Phi) is 3.75. The molecule has 0 saturated carbocycles. The van der Waals surface area contributed by atoms with Gasteiger partial charge in [-0.3, -0.25) is 4.79 Å². The number of amides is 1. The van der Waals surface area contributed by atoms with E-state index in [1.807, 2.05) is 13.8 Å². The quantitative estimate of drug-likeness (QED) is 0.925. The molecule has 2 aromatic rings. The molecule has 2 heterocycles. The molecule has 1 aliphatic heterocycles. The van der Waals surface area contributed by atoms with Gasteiger partial charge in [-0.15, -0.1) is 0 Å². The third-order valence-electron chi connectivity index (χ3n) is 4.33. The van der Waals surface area contributed by atoms with Crippen molar-refractivity contribution in [3.05, 3.63) is 53.2 Å². The summed E-state index contributed by atoms with van der Waals surface area (Å²) in [5.74, 6) is 0.451. The van der Waals surface area contributed by atoms with Crippen molar-refractivity contribution in [2.24, 2.45) is 0 Å². The smallest absolute Gasteiger partial charge is 0.254 e. The predicted octanol–water partition coefficient (Wildman–Crippen LogP) is 2.66. The van der Waals surface area contributed by atoms with Crippen LogP contribution in [0.2, 0.25) is 0 Å². The Morgan fingerprint density at radius 3 is 2.65 bits per heavy atom. The fraction of sp³-hybridized carbons (Fsp3) is 0.353. The van der Waals surface area contributed by atoms with Crippen LogP contribution in [0.1, 0.15) is 41.6 Å². The van der Waals surface area contributed by atoms with Gasteiger partial charge in [-0.2, -0.15) is 0 Å². The van der Waals surface area contributed by atoms with Crippen LogP contribution in [0, 0.1) is 12.7 Å². The number of halogens is 1. The van der Waals surface area contributed by atoms with Gasteiger partial charge < -0.3 is 10.6 Å². The van der Waals surface area contributed by atoms with Crippen molar-refractivity contribution in [3.63, 3.8) is 0 Å². The molecule has 23 heavy (non-hydrogen) atoms. The van der Waals surface area contributed by atoms with Crippen LogP contribution >= 0.6 is 0 Å². The second-order valence-corrected chi connectivity index (χ2v) is 6.10. The molecular weight excluding hydrogens is 295 g/mol. The normalized spacial score (nSPS) is 20.7. The van der Waals surface area contributed by atoms with E-state index in [9.17, 15) is 9.18 Å². The fourth-order valence-corrected chi connectivity index (χ4v) is 3.10. The summed E-state index contributed by atoms with van der Waals surface area (Å²) in [7, 11) is 0. The Morgan fingerprint density at radius 1 is 1.30 bits per heavy atom. The molecular formula is C17H19FN4O. The van der Waals surface area contributed by atoms with Gasteiger partial charge >= 0.3 is 0 Å². The van der Waals surface area contributed by atoms with E-state index in [1.54, 1.807) is 11.0 Å². The molecule has 5 nitrogen and oxygen atoms in total. The van der Waals surface area contributed by atoms with Gasteiger partial charge in [0.2, 0.25) is 0 Å². The van der Waals surface area contributed by atoms with Crippen LogP contribution in [0.15, 0.2) is 30.3 Å². The van der Waals surface area contributed by atoms with Crippen LogP contribution < -0.4 is 5.73 Å². The number of aryl methyl sites for hydroxylation is 1. The van der Waals surface area contributed by atoms with Gasteiger partial charge in [0, 0.05) is 23.9 Å². The van der Waals surface area contributed by atoms with Crippen molar-refractivity contribution in [1.82, 2.24) is 14.9 Å². The zero-order chi connectivity index (χ0) is 16.6. The first-order chi connectivity index (χ1) is 10.9. The Morgan fingerprint density at radius 2 is 2.00 bits per heavy atom. The lowest BCUT2D eigenvalue weighted by Gasteiger charge is -2.34. The summed E-state index contributed by atoms with van der Waals surface area (Å²) in [6.07, 6.45) is 1.63. The number of nitrogen functional groups attached to an aromatic ring is 1. The average molecular weight is 314 g/mol. The molecule has 1 aromatic carbocycles. The highest BCUT2D eigenvalue weighted by Crippen LogP contribution is 2.38. The molecule has 120 valence electrons. The number of anilines is 1. The molecule has 0 unspecified atom stereocenters. The van der Waals surface area contributed by atoms with E-state index in [-0.39, 0.29) is 11.7 Å². The van der Waals surface area contributed by atoms with Crippen molar-refractivity contribution < 1.29 is 9.18 Å². The fourth-order valence-electron chi connectivity index (χ4n) is 3.10. The molecule has 0 radical (unpaired) electrons. The maximum Gasteiger partial charge on any atom is 0.254 e. The zero-order valence-electron chi connectivity index (χ0n) is 13.2. The first-order valence-corrected chi connectivity index (χ1v) is 7.59. The number of hydrogen-bond donors (Lipinski definition) is 1. The summed E-state index contributed by atoms with van der Waals surface area (Å²) in [6.45, 7) is 4.42. The minimum Gasteiger partial charge on any atom is -0.384 e. The molecule has 1 saturated heterocycles. The van der Waals surface area contributed by atoms with Gasteiger partial charge in [0.15, 0.2) is 5.82 Å². The third-order valence-corrected chi connectivity index (χ3v) is 4.33. The number of nitrogens with zero attached hydrogens (tertiary/aromatic N) is 3. The maximum atomic E-state index is 13.1. The van der Waals surface area contributed by atoms with Crippen LogP contribution in [0.4, 0.5) is 10.2 Å². The van der Waals surface area contributed by atoms with E-state index in [0.717, 1.165) is 18.5 Å². The summed E-state index contributed by atoms with van der Waals surface area (Å²) in [5, 5.41) is 0. The summed E-state index contributed by atoms with van der Waals surface area (Å²) in [5.41, 5.74) is 6.46. The van der Waals surface area contributed by atoms with Gasteiger partial charge in [-0.05, 0) is 51.0 Å². The van der Waals surface area contributed by atoms with Crippen LogP contribution in [0.3, 0.4) is 0 Å². The monoisotopic (exact) mass is 314 g/mol. The van der Waals surface area contributed by atoms with Crippen molar-refractivity contribution in [1.29, 1.82) is 0 Å². The van der Waals surface area contributed by atoms with E-state index in [1.165, 1.54) is 24.3 Å². The summed E-state index contributed by atoms with van der Waals surface area (Å²) < 4.78 is 13.1. The SMILES string of the molecule is Cc1cc(N)nc([C@@]2(C)CCCN2C(=O)c2ccc(F)cc2)n1. The van der Waals surface area contributed by atoms with E-state index in [0.29, 0.717) is 23.8 Å². The number of aromatic nitrogens is 2. The standard InChI is InChI=1S/C17H19FN4O/c1-11-10-14(19)21-16(20-11)17(2)8-3-9-22(17)15(23)12-4-6-13(18)7-5-12/h4-7,10H,3,8-9H2,1-2H3,(H2,19,20,21)/t17-/m1/s1. The number of carbonyl (C=O) groups is 1. The van der Waals surface area contributed by atoms with Crippen molar-refractivity contribution in [3.8, 4) is 0 Å². The van der Waals surface area contributed by atoms with Crippen LogP contribution in [0.5, 0.6) is 0 Å². The highest BCUT2D eigenvalue weighted by molar-refractivity contribution is 5.95. The second kappa shape index (κ2) is 5.61. The number of rotatable bonds is 2. The Labute approximate surface area is 134 Å². The largest absolute Gasteiger partial charge is 0.384 e. The van der Waals surface area contributed by atoms with Crippen molar-refractivity contribution >= 4 is 11.7 Å². The highest BCUT2D eigenvalue weighted by Gasteiger charge is 2.43. The maximum absolute atomic E-state index is 13.1. The summed E-state index contributed by atoms with van der Waals surface area (Å²) in [4.78, 5) is 23.4. The molecule has 1 aliphatic rings. The number of carbonyl (C=O) groups excluding carboxylic acids is 1. The van der Waals surface area contributed by atoms with E-state index < -0.39 is 5.54 Å². The molecule has 3 rings (SSSR count). The minimum absolute atomic E-state index is 0.145. The lowest BCUT2D eigenvalue weighted by molar-refractivity contribution is 0.0604. The molecule has 1 amide bonds. The van der Waals surface area contributed by atoms with Crippen molar-refractivity contribution in [2.75, 3.05) is 12.3 Å². The summed E-state index contributed by atoms with van der Waals surface area (Å²) in [6, 6.07) is 7.29. The molecule has 1 fully saturated rings. The topological polar surface area (TPSA) is 72.1 Å². The van der Waals surface area contributed by atoms with E-state index in [4.69, 9.17) is 5.73 Å². The number of hydrogen-bond acceptors (Lipinski definition) is 4. The van der Waals surface area contributed by atoms with Gasteiger partial charge in [0.1, 0.15) is 17.2 Å². The highest BCUT2D eigenvalue weighted by atomic mass is 19.1. The van der Waals surface area contributed by atoms with Gasteiger partial charge in [-0.1, -0.05) is 0 Å². The van der Waals surface area contributed by atoms with Crippen molar-refractivity contribution in [2.45, 2.75) is 32.2 Å². The Balaban J connectivity index is 1.98. The molecule has 2 N–H and O–H groups in total. The first kappa shape index (κ1) is 15.4. The number of nitrogens with two attached hydrogens (primary N) is 1. The minimum atomic E-state index is -0.606. The first-order valence-electron chi connectivity index (χ1n) is 7.59. The molecule has 0 aliphatic carbocycles. The van der Waals surface area contributed by atoms with Gasteiger partial charge in [0.05, 0.1) is 0 Å². The molecule has 1 aromatic heterocycles. The second-order valence-electron chi connectivity index (χ2n) is 6.10. The molecule has 6 heteroatoms. The Bertz CT molecular complexity index is 727. The van der Waals surface area contributed by atoms with E-state index in [2.05, 4.69) is 9.97 Å². The zero-order valence-corrected chi connectivity index (χ0v) is 13.2. The van der Waals surface area contributed by atoms with Gasteiger partial charge in [0.25, 0.3) is 5.91 Å². The molecule has 0 spiro atoms. The summed E-state index contributed by atoms with van der Waals surface area (Å²) >= 11 is 0. The lowest BCUT2D eigenvalue weighted by Crippen LogP contribution is -2.44. The third kappa shape index (κ3) is 2.76. The lowest BCUT2D eigenvalue weighted by atomic mass is 9.96. The predicted molar refractivity (Wildman–Crippen MR) is 85.2 cm³/mol. The van der Waals surface area contributed by atoms with Gasteiger partial charge in [-0.25, -0.2) is 14.4 Å². The van der Waals surface area contributed by atoms with E-state index >= 15 is 0 Å².